The summed E-state index contributed by atoms with van der Waals surface area (Å²) >= 11 is 0. The summed E-state index contributed by atoms with van der Waals surface area (Å²) in [5, 5.41) is 14.0. The first-order valence-electron chi connectivity index (χ1n) is 9.59. The Labute approximate surface area is 163 Å². The maximum atomic E-state index is 12.0. The van der Waals surface area contributed by atoms with Crippen molar-refractivity contribution in [2.75, 3.05) is 6.61 Å². The number of ketones is 1. The fraction of sp³-hybridized carbons (Fsp3) is 0.429. The largest absolute Gasteiger partial charge is 0.487 e. The fourth-order valence-electron chi connectivity index (χ4n) is 3.70. The zero-order valence-electron chi connectivity index (χ0n) is 15.7. The van der Waals surface area contributed by atoms with Crippen LogP contribution < -0.4 is 10.1 Å². The number of amides is 1. The predicted molar refractivity (Wildman–Crippen MR) is 105 cm³/mol. The van der Waals surface area contributed by atoms with Gasteiger partial charge in [-0.2, -0.15) is 0 Å². The lowest BCUT2D eigenvalue weighted by Crippen LogP contribution is -2.34. The second-order valence-corrected chi connectivity index (χ2v) is 7.34. The molecule has 3 rings (SSSR count). The van der Waals surface area contributed by atoms with E-state index < -0.39 is 10.8 Å². The molecule has 1 saturated heterocycles. The number of ether oxygens (including phenoxy) is 1. The number of piperidine rings is 1. The Morgan fingerprint density at radius 3 is 2.68 bits per heavy atom. The molecule has 1 heterocycles. The average Bonchev–Trinajstić information content (AvgIpc) is 2.66. The van der Waals surface area contributed by atoms with Gasteiger partial charge in [-0.05, 0) is 30.0 Å². The third-order valence-electron chi connectivity index (χ3n) is 5.21. The Morgan fingerprint density at radius 2 is 2.00 bits per heavy atom. The Bertz CT molecular complexity index is 815. The molecule has 0 aromatic heterocycles. The molecule has 1 aliphatic heterocycles. The standard InChI is InChI=1S/C21H24N2O5/c1-14-11-19(24)17(21(25)22-14)12-16-7-8-20(18(13-16)23(26)27)28-10-9-15-5-3-2-4-6-15/h7-8,12-13,15H,1-6,9-11H2,(H,22,25)/b17-12+. The lowest BCUT2D eigenvalue weighted by molar-refractivity contribution is -0.385. The third kappa shape index (κ3) is 4.85. The van der Waals surface area contributed by atoms with Crippen LogP contribution in [0.25, 0.3) is 6.08 Å². The maximum Gasteiger partial charge on any atom is 0.311 e. The van der Waals surface area contributed by atoms with Crippen LogP contribution in [0.1, 0.15) is 50.5 Å². The van der Waals surface area contributed by atoms with Gasteiger partial charge in [0, 0.05) is 11.8 Å². The van der Waals surface area contributed by atoms with E-state index in [0.717, 1.165) is 6.42 Å². The van der Waals surface area contributed by atoms with Crippen LogP contribution in [0.3, 0.4) is 0 Å². The number of nitrogens with zero attached hydrogens (tertiary/aromatic N) is 1. The molecule has 7 heteroatoms. The molecule has 1 aliphatic carbocycles. The number of nitro groups is 1. The van der Waals surface area contributed by atoms with Gasteiger partial charge >= 0.3 is 5.69 Å². The summed E-state index contributed by atoms with van der Waals surface area (Å²) in [6, 6.07) is 4.46. The van der Waals surface area contributed by atoms with Crippen molar-refractivity contribution in [2.24, 2.45) is 5.92 Å². The summed E-state index contributed by atoms with van der Waals surface area (Å²) in [6.07, 6.45) is 8.45. The highest BCUT2D eigenvalue weighted by atomic mass is 16.6. The summed E-state index contributed by atoms with van der Waals surface area (Å²) in [5.74, 6) is -0.0703. The van der Waals surface area contributed by atoms with Gasteiger partial charge < -0.3 is 10.1 Å². The van der Waals surface area contributed by atoms with Gasteiger partial charge in [0.05, 0.1) is 23.5 Å². The number of rotatable bonds is 6. The molecule has 1 N–H and O–H groups in total. The van der Waals surface area contributed by atoms with Crippen molar-refractivity contribution in [3.63, 3.8) is 0 Å². The van der Waals surface area contributed by atoms with Crippen molar-refractivity contribution >= 4 is 23.5 Å². The first-order valence-corrected chi connectivity index (χ1v) is 9.59. The molecule has 0 unspecified atom stereocenters. The molecular formula is C21H24N2O5. The van der Waals surface area contributed by atoms with E-state index in [0.29, 0.717) is 23.8 Å². The summed E-state index contributed by atoms with van der Waals surface area (Å²) < 4.78 is 5.68. The first-order chi connectivity index (χ1) is 13.4. The second kappa shape index (κ2) is 8.82. The van der Waals surface area contributed by atoms with E-state index in [4.69, 9.17) is 4.74 Å². The molecule has 1 amide bonds. The average molecular weight is 384 g/mol. The smallest absolute Gasteiger partial charge is 0.311 e. The van der Waals surface area contributed by atoms with Crippen molar-refractivity contribution in [1.82, 2.24) is 5.32 Å². The molecule has 1 saturated carbocycles. The van der Waals surface area contributed by atoms with Crippen LogP contribution in [0.2, 0.25) is 0 Å². The van der Waals surface area contributed by atoms with E-state index in [2.05, 4.69) is 11.9 Å². The number of benzene rings is 1. The molecular weight excluding hydrogens is 360 g/mol. The minimum atomic E-state index is -0.545. The van der Waals surface area contributed by atoms with Gasteiger partial charge in [-0.1, -0.05) is 44.7 Å². The van der Waals surface area contributed by atoms with E-state index in [1.54, 1.807) is 6.07 Å². The second-order valence-electron chi connectivity index (χ2n) is 7.34. The van der Waals surface area contributed by atoms with E-state index in [9.17, 15) is 19.7 Å². The molecule has 1 aromatic rings. The summed E-state index contributed by atoms with van der Waals surface area (Å²) in [4.78, 5) is 35.0. The number of carbonyl (C=O) groups excluding carboxylic acids is 2. The summed E-state index contributed by atoms with van der Waals surface area (Å²) in [7, 11) is 0. The van der Waals surface area contributed by atoms with Crippen LogP contribution in [-0.2, 0) is 9.59 Å². The highest BCUT2D eigenvalue weighted by Gasteiger charge is 2.25. The van der Waals surface area contributed by atoms with Gasteiger partial charge in [0.15, 0.2) is 11.5 Å². The molecule has 1 aromatic carbocycles. The van der Waals surface area contributed by atoms with Crippen molar-refractivity contribution in [2.45, 2.75) is 44.9 Å². The lowest BCUT2D eigenvalue weighted by Gasteiger charge is -2.21. The molecule has 0 bridgehead atoms. The molecule has 2 fully saturated rings. The molecule has 0 radical (unpaired) electrons. The van der Waals surface area contributed by atoms with Crippen LogP contribution in [0, 0.1) is 16.0 Å². The van der Waals surface area contributed by atoms with Gasteiger partial charge in [-0.25, -0.2) is 0 Å². The maximum absolute atomic E-state index is 12.0. The molecule has 0 atom stereocenters. The zero-order chi connectivity index (χ0) is 20.1. The quantitative estimate of drug-likeness (QED) is 0.347. The lowest BCUT2D eigenvalue weighted by atomic mass is 9.87. The van der Waals surface area contributed by atoms with Crippen LogP contribution in [0.4, 0.5) is 5.69 Å². The number of hydrogen-bond donors (Lipinski definition) is 1. The topological polar surface area (TPSA) is 98.5 Å². The van der Waals surface area contributed by atoms with Gasteiger partial charge in [-0.15, -0.1) is 0 Å². The number of hydrogen-bond acceptors (Lipinski definition) is 5. The molecule has 7 nitrogen and oxygen atoms in total. The highest BCUT2D eigenvalue weighted by Crippen LogP contribution is 2.31. The van der Waals surface area contributed by atoms with Gasteiger partial charge in [0.25, 0.3) is 5.91 Å². The number of allylic oxidation sites excluding steroid dienone is 1. The number of Topliss-reactive ketones (excluding diaryl/α,β-unsaturated/α-hetero) is 1. The Kier molecular flexibility index (Phi) is 6.23. The van der Waals surface area contributed by atoms with Crippen LogP contribution in [-0.4, -0.2) is 23.2 Å². The zero-order valence-corrected chi connectivity index (χ0v) is 15.7. The minimum Gasteiger partial charge on any atom is -0.487 e. The van der Waals surface area contributed by atoms with Crippen LogP contribution in [0.5, 0.6) is 5.75 Å². The van der Waals surface area contributed by atoms with Crippen molar-refractivity contribution < 1.29 is 19.2 Å². The fourth-order valence-corrected chi connectivity index (χ4v) is 3.70. The van der Waals surface area contributed by atoms with Gasteiger partial charge in [0.1, 0.15) is 0 Å². The molecule has 148 valence electrons. The highest BCUT2D eigenvalue weighted by molar-refractivity contribution is 6.25. The first kappa shape index (κ1) is 19.8. The van der Waals surface area contributed by atoms with Crippen molar-refractivity contribution in [3.05, 3.63) is 51.7 Å². The summed E-state index contributed by atoms with van der Waals surface area (Å²) in [6.45, 7) is 4.02. The normalized spacial score (nSPS) is 19.6. The van der Waals surface area contributed by atoms with E-state index in [1.165, 1.54) is 50.3 Å². The van der Waals surface area contributed by atoms with Crippen LogP contribution in [0.15, 0.2) is 36.0 Å². The number of carbonyl (C=O) groups is 2. The third-order valence-corrected chi connectivity index (χ3v) is 5.21. The van der Waals surface area contributed by atoms with Crippen molar-refractivity contribution in [1.29, 1.82) is 0 Å². The number of nitrogens with one attached hydrogen (secondary N) is 1. The Morgan fingerprint density at radius 1 is 1.25 bits per heavy atom. The Balaban J connectivity index is 1.72. The predicted octanol–water partition coefficient (Wildman–Crippen LogP) is 3.93. The van der Waals surface area contributed by atoms with E-state index in [1.807, 2.05) is 0 Å². The SMILES string of the molecule is C=C1CC(=O)/C(=C\c2ccc(OCCC3CCCCC3)c([N+](=O)[O-])c2)C(=O)N1. The molecule has 28 heavy (non-hydrogen) atoms. The van der Waals surface area contributed by atoms with E-state index >= 15 is 0 Å². The van der Waals surface area contributed by atoms with E-state index in [-0.39, 0.29) is 29.2 Å². The van der Waals surface area contributed by atoms with Gasteiger partial charge in [0.2, 0.25) is 0 Å². The van der Waals surface area contributed by atoms with Gasteiger partial charge in [-0.3, -0.25) is 19.7 Å². The minimum absolute atomic E-state index is 0.0298. The summed E-state index contributed by atoms with van der Waals surface area (Å²) in [5.41, 5.74) is 0.538. The van der Waals surface area contributed by atoms with Crippen molar-refractivity contribution in [3.8, 4) is 5.75 Å². The van der Waals surface area contributed by atoms with Crippen LogP contribution >= 0.6 is 0 Å². The number of nitro benzene ring substituents is 1. The Hall–Kier alpha value is -2.96. The molecule has 0 spiro atoms. The molecule has 2 aliphatic rings. The monoisotopic (exact) mass is 384 g/mol.